The molecule has 156 valence electrons. The van der Waals surface area contributed by atoms with Crippen LogP contribution in [0.2, 0.25) is 0 Å². The summed E-state index contributed by atoms with van der Waals surface area (Å²) < 4.78 is 66.4. The van der Waals surface area contributed by atoms with E-state index in [1.807, 2.05) is 0 Å². The Kier molecular flexibility index (Phi) is 6.12. The molecule has 3 aromatic carbocycles. The second-order valence-corrected chi connectivity index (χ2v) is 8.15. The van der Waals surface area contributed by atoms with Gasteiger partial charge in [0.25, 0.3) is 10.0 Å². The van der Waals surface area contributed by atoms with Crippen molar-refractivity contribution < 1.29 is 26.4 Å². The van der Waals surface area contributed by atoms with Crippen LogP contribution in [0, 0.1) is 0 Å². The lowest BCUT2D eigenvalue weighted by Gasteiger charge is -2.25. The first-order valence-corrected chi connectivity index (χ1v) is 10.2. The molecule has 0 aliphatic carbocycles. The third kappa shape index (κ3) is 4.98. The van der Waals surface area contributed by atoms with Crippen LogP contribution in [-0.2, 0) is 21.0 Å². The highest BCUT2D eigenvalue weighted by molar-refractivity contribution is 7.92. The first kappa shape index (κ1) is 21.4. The fourth-order valence-corrected chi connectivity index (χ4v) is 4.16. The van der Waals surface area contributed by atoms with E-state index in [9.17, 15) is 26.4 Å². The number of hydrogen-bond acceptors (Lipinski definition) is 3. The zero-order chi connectivity index (χ0) is 21.8. The summed E-state index contributed by atoms with van der Waals surface area (Å²) in [5, 5.41) is 2.54. The van der Waals surface area contributed by atoms with E-state index in [-0.39, 0.29) is 10.6 Å². The number of para-hydroxylation sites is 1. The number of sulfonamides is 1. The van der Waals surface area contributed by atoms with E-state index in [2.05, 4.69) is 5.32 Å². The number of carbonyl (C=O) groups excluding carboxylic acids is 1. The van der Waals surface area contributed by atoms with Crippen LogP contribution in [0.3, 0.4) is 0 Å². The Bertz CT molecular complexity index is 1120. The predicted molar refractivity (Wildman–Crippen MR) is 107 cm³/mol. The largest absolute Gasteiger partial charge is 0.416 e. The molecule has 3 rings (SSSR count). The highest BCUT2D eigenvalue weighted by Gasteiger charge is 2.33. The Morgan fingerprint density at radius 3 is 2.07 bits per heavy atom. The molecule has 0 bridgehead atoms. The molecule has 0 radical (unpaired) electrons. The van der Waals surface area contributed by atoms with Gasteiger partial charge in [-0.05, 0) is 42.5 Å². The minimum absolute atomic E-state index is 0.144. The minimum atomic E-state index is -4.66. The molecular formula is C21H17F3N2O3S. The fraction of sp³-hybridized carbons (Fsp3) is 0.0952. The number of rotatable bonds is 6. The van der Waals surface area contributed by atoms with Gasteiger partial charge in [0.15, 0.2) is 0 Å². The number of amides is 1. The number of nitrogens with zero attached hydrogens (tertiary/aromatic N) is 1. The Morgan fingerprint density at radius 1 is 0.867 bits per heavy atom. The minimum Gasteiger partial charge on any atom is -0.325 e. The molecule has 0 saturated carbocycles. The van der Waals surface area contributed by atoms with Gasteiger partial charge in [-0.2, -0.15) is 13.2 Å². The molecule has 3 aromatic rings. The number of hydrogen-bond donors (Lipinski definition) is 1. The van der Waals surface area contributed by atoms with Crippen molar-refractivity contribution in [1.82, 2.24) is 0 Å². The van der Waals surface area contributed by atoms with Gasteiger partial charge in [-0.15, -0.1) is 0 Å². The summed E-state index contributed by atoms with van der Waals surface area (Å²) in [6.45, 7) is -0.701. The number of benzene rings is 3. The zero-order valence-electron chi connectivity index (χ0n) is 15.5. The van der Waals surface area contributed by atoms with Crippen LogP contribution in [0.4, 0.5) is 24.5 Å². The van der Waals surface area contributed by atoms with E-state index in [0.717, 1.165) is 12.1 Å². The topological polar surface area (TPSA) is 66.5 Å². The average Bonchev–Trinajstić information content (AvgIpc) is 2.73. The third-order valence-electron chi connectivity index (χ3n) is 4.14. The Labute approximate surface area is 171 Å². The molecule has 0 fully saturated rings. The van der Waals surface area contributed by atoms with Gasteiger partial charge in [-0.25, -0.2) is 8.42 Å². The lowest BCUT2D eigenvalue weighted by atomic mass is 10.2. The number of alkyl halides is 3. The van der Waals surface area contributed by atoms with Crippen LogP contribution in [0.15, 0.2) is 89.8 Å². The number of nitrogens with one attached hydrogen (secondary N) is 1. The Morgan fingerprint density at radius 2 is 1.47 bits per heavy atom. The lowest BCUT2D eigenvalue weighted by Crippen LogP contribution is -2.38. The summed E-state index contributed by atoms with van der Waals surface area (Å²) in [6, 6.07) is 19.4. The van der Waals surface area contributed by atoms with Crippen LogP contribution in [0.5, 0.6) is 0 Å². The number of halogens is 3. The fourth-order valence-electron chi connectivity index (χ4n) is 2.72. The van der Waals surface area contributed by atoms with E-state index in [1.54, 1.807) is 36.4 Å². The summed E-state index contributed by atoms with van der Waals surface area (Å²) in [5.74, 6) is -0.696. The monoisotopic (exact) mass is 434 g/mol. The molecule has 0 aliphatic rings. The molecule has 0 aromatic heterocycles. The average molecular weight is 434 g/mol. The van der Waals surface area contributed by atoms with Crippen molar-refractivity contribution in [2.24, 2.45) is 0 Å². The highest BCUT2D eigenvalue weighted by atomic mass is 32.2. The summed E-state index contributed by atoms with van der Waals surface area (Å²) in [6.07, 6.45) is -4.66. The third-order valence-corrected chi connectivity index (χ3v) is 5.93. The molecule has 9 heteroatoms. The first-order chi connectivity index (χ1) is 14.2. The van der Waals surface area contributed by atoms with E-state index >= 15 is 0 Å². The quantitative estimate of drug-likeness (QED) is 0.620. The summed E-state index contributed by atoms with van der Waals surface area (Å²) in [7, 11) is -4.30. The SMILES string of the molecule is O=C(CN(c1cccc(C(F)(F)F)c1)S(=O)(=O)c1ccccc1)Nc1ccccc1. The maximum atomic E-state index is 13.2. The first-order valence-electron chi connectivity index (χ1n) is 8.78. The molecule has 0 aliphatic heterocycles. The molecule has 0 heterocycles. The van der Waals surface area contributed by atoms with Crippen molar-refractivity contribution >= 4 is 27.3 Å². The summed E-state index contributed by atoms with van der Waals surface area (Å²) in [4.78, 5) is 12.4. The summed E-state index contributed by atoms with van der Waals surface area (Å²) >= 11 is 0. The van der Waals surface area contributed by atoms with Crippen molar-refractivity contribution in [3.63, 3.8) is 0 Å². The van der Waals surface area contributed by atoms with Crippen molar-refractivity contribution in [2.75, 3.05) is 16.2 Å². The van der Waals surface area contributed by atoms with Gasteiger partial charge in [-0.1, -0.05) is 42.5 Å². The van der Waals surface area contributed by atoms with Gasteiger partial charge < -0.3 is 5.32 Å². The Balaban J connectivity index is 2.00. The number of anilines is 2. The maximum Gasteiger partial charge on any atom is 0.416 e. The van der Waals surface area contributed by atoms with Crippen LogP contribution in [0.25, 0.3) is 0 Å². The van der Waals surface area contributed by atoms with Gasteiger partial charge in [0.2, 0.25) is 5.91 Å². The van der Waals surface area contributed by atoms with Crippen molar-refractivity contribution in [3.8, 4) is 0 Å². The molecular weight excluding hydrogens is 417 g/mol. The second kappa shape index (κ2) is 8.58. The van der Waals surface area contributed by atoms with Crippen LogP contribution in [-0.4, -0.2) is 20.9 Å². The van der Waals surface area contributed by atoms with Gasteiger partial charge in [-0.3, -0.25) is 9.10 Å². The normalized spacial score (nSPS) is 11.7. The highest BCUT2D eigenvalue weighted by Crippen LogP contribution is 2.33. The molecule has 1 amide bonds. The van der Waals surface area contributed by atoms with Gasteiger partial charge in [0.1, 0.15) is 6.54 Å². The van der Waals surface area contributed by atoms with E-state index in [1.165, 1.54) is 30.3 Å². The molecule has 0 saturated heterocycles. The molecule has 30 heavy (non-hydrogen) atoms. The number of carbonyl (C=O) groups is 1. The van der Waals surface area contributed by atoms with Crippen molar-refractivity contribution in [3.05, 3.63) is 90.5 Å². The smallest absolute Gasteiger partial charge is 0.325 e. The van der Waals surface area contributed by atoms with Crippen LogP contribution >= 0.6 is 0 Å². The van der Waals surface area contributed by atoms with E-state index in [0.29, 0.717) is 16.1 Å². The molecule has 0 atom stereocenters. The van der Waals surface area contributed by atoms with Gasteiger partial charge >= 0.3 is 6.18 Å². The molecule has 0 spiro atoms. The lowest BCUT2D eigenvalue weighted by molar-refractivity contribution is -0.137. The van der Waals surface area contributed by atoms with Crippen LogP contribution in [0.1, 0.15) is 5.56 Å². The van der Waals surface area contributed by atoms with Crippen molar-refractivity contribution in [2.45, 2.75) is 11.1 Å². The molecule has 0 unspecified atom stereocenters. The van der Waals surface area contributed by atoms with Crippen LogP contribution < -0.4 is 9.62 Å². The van der Waals surface area contributed by atoms with Crippen molar-refractivity contribution in [1.29, 1.82) is 0 Å². The predicted octanol–water partition coefficient (Wildman–Crippen LogP) is 4.54. The standard InChI is InChI=1S/C21H17F3N2O3S/c22-21(23,24)16-8-7-11-18(14-16)26(30(28,29)19-12-5-2-6-13-19)15-20(27)25-17-9-3-1-4-10-17/h1-14H,15H2,(H,25,27). The maximum absolute atomic E-state index is 13.2. The van der Waals surface area contributed by atoms with E-state index < -0.39 is 34.2 Å². The van der Waals surface area contributed by atoms with Gasteiger partial charge in [0.05, 0.1) is 16.1 Å². The molecule has 1 N–H and O–H groups in total. The zero-order valence-corrected chi connectivity index (χ0v) is 16.3. The van der Waals surface area contributed by atoms with E-state index in [4.69, 9.17) is 0 Å². The summed E-state index contributed by atoms with van der Waals surface area (Å²) in [5.41, 5.74) is -0.850. The second-order valence-electron chi connectivity index (χ2n) is 6.29. The van der Waals surface area contributed by atoms with Gasteiger partial charge in [0, 0.05) is 5.69 Å². The Hall–Kier alpha value is -3.33. The molecule has 5 nitrogen and oxygen atoms in total.